The summed E-state index contributed by atoms with van der Waals surface area (Å²) in [5, 5.41) is 0. The fourth-order valence-electron chi connectivity index (χ4n) is 2.41. The van der Waals surface area contributed by atoms with E-state index in [0.29, 0.717) is 0 Å². The molecule has 1 unspecified atom stereocenters. The minimum absolute atomic E-state index is 0.383. The molecule has 1 atom stereocenters. The molecule has 0 fully saturated rings. The lowest BCUT2D eigenvalue weighted by Crippen LogP contribution is -2.34. The van der Waals surface area contributed by atoms with E-state index in [9.17, 15) is 0 Å². The SMILES string of the molecule is CCCC(C)(N)c1nc(-c2ccccc2)c(CC)[nH]1. The zero-order chi connectivity index (χ0) is 13.9. The topological polar surface area (TPSA) is 54.7 Å². The smallest absolute Gasteiger partial charge is 0.126 e. The summed E-state index contributed by atoms with van der Waals surface area (Å²) >= 11 is 0. The van der Waals surface area contributed by atoms with Crippen molar-refractivity contribution in [2.75, 3.05) is 0 Å². The van der Waals surface area contributed by atoms with Gasteiger partial charge in [-0.15, -0.1) is 0 Å². The summed E-state index contributed by atoms with van der Waals surface area (Å²) in [6.07, 6.45) is 2.91. The average Bonchev–Trinajstić information content (AvgIpc) is 2.84. The minimum Gasteiger partial charge on any atom is -0.344 e. The number of imidazole rings is 1. The second-order valence-corrected chi connectivity index (χ2v) is 5.30. The van der Waals surface area contributed by atoms with Gasteiger partial charge in [0.25, 0.3) is 0 Å². The van der Waals surface area contributed by atoms with Crippen molar-refractivity contribution in [3.05, 3.63) is 41.9 Å². The van der Waals surface area contributed by atoms with Crippen LogP contribution in [0.1, 0.15) is 45.1 Å². The minimum atomic E-state index is -0.383. The first kappa shape index (κ1) is 13.8. The monoisotopic (exact) mass is 257 g/mol. The predicted octanol–water partition coefficient (Wildman–Crippen LogP) is 3.61. The van der Waals surface area contributed by atoms with Gasteiger partial charge in [0.05, 0.1) is 11.2 Å². The summed E-state index contributed by atoms with van der Waals surface area (Å²) in [6, 6.07) is 10.3. The lowest BCUT2D eigenvalue weighted by molar-refractivity contribution is 0.423. The molecule has 3 nitrogen and oxygen atoms in total. The number of rotatable bonds is 5. The van der Waals surface area contributed by atoms with Gasteiger partial charge in [0.15, 0.2) is 0 Å². The summed E-state index contributed by atoms with van der Waals surface area (Å²) in [6.45, 7) is 6.33. The maximum Gasteiger partial charge on any atom is 0.126 e. The van der Waals surface area contributed by atoms with Gasteiger partial charge in [0.2, 0.25) is 0 Å². The number of aromatic nitrogens is 2. The van der Waals surface area contributed by atoms with Crippen molar-refractivity contribution in [2.45, 2.75) is 45.6 Å². The highest BCUT2D eigenvalue weighted by molar-refractivity contribution is 5.62. The van der Waals surface area contributed by atoms with Crippen LogP contribution in [0.3, 0.4) is 0 Å². The average molecular weight is 257 g/mol. The standard InChI is InChI=1S/C16H23N3/c1-4-11-16(3,17)15-18-13(5-2)14(19-15)12-9-7-6-8-10-12/h6-10H,4-5,11,17H2,1-3H3,(H,18,19). The Balaban J connectivity index is 2.44. The lowest BCUT2D eigenvalue weighted by Gasteiger charge is -2.21. The van der Waals surface area contributed by atoms with Gasteiger partial charge in [0.1, 0.15) is 5.82 Å². The van der Waals surface area contributed by atoms with Gasteiger partial charge >= 0.3 is 0 Å². The quantitative estimate of drug-likeness (QED) is 0.859. The molecule has 1 aromatic heterocycles. The van der Waals surface area contributed by atoms with E-state index in [1.54, 1.807) is 0 Å². The first-order valence-corrected chi connectivity index (χ1v) is 7.02. The Morgan fingerprint density at radius 2 is 1.89 bits per heavy atom. The molecule has 102 valence electrons. The van der Waals surface area contributed by atoms with Gasteiger partial charge in [-0.2, -0.15) is 0 Å². The second-order valence-electron chi connectivity index (χ2n) is 5.30. The molecule has 0 aliphatic carbocycles. The van der Waals surface area contributed by atoms with Crippen molar-refractivity contribution >= 4 is 0 Å². The van der Waals surface area contributed by atoms with Crippen molar-refractivity contribution in [1.82, 2.24) is 9.97 Å². The zero-order valence-electron chi connectivity index (χ0n) is 12.0. The number of nitrogens with zero attached hydrogens (tertiary/aromatic N) is 1. The van der Waals surface area contributed by atoms with Gasteiger partial charge in [-0.05, 0) is 19.8 Å². The van der Waals surface area contributed by atoms with Crippen LogP contribution in [0, 0.1) is 0 Å². The number of nitrogens with one attached hydrogen (secondary N) is 1. The maximum atomic E-state index is 6.37. The van der Waals surface area contributed by atoms with Crippen LogP contribution in [0.25, 0.3) is 11.3 Å². The molecule has 0 radical (unpaired) electrons. The van der Waals surface area contributed by atoms with E-state index in [0.717, 1.165) is 42.0 Å². The molecule has 1 heterocycles. The van der Waals surface area contributed by atoms with Gasteiger partial charge in [-0.3, -0.25) is 0 Å². The number of hydrogen-bond donors (Lipinski definition) is 2. The Kier molecular flexibility index (Phi) is 4.05. The number of nitrogens with two attached hydrogens (primary N) is 1. The molecule has 2 rings (SSSR count). The number of aryl methyl sites for hydroxylation is 1. The first-order valence-electron chi connectivity index (χ1n) is 7.02. The van der Waals surface area contributed by atoms with E-state index < -0.39 is 0 Å². The predicted molar refractivity (Wildman–Crippen MR) is 79.8 cm³/mol. The summed E-state index contributed by atoms with van der Waals surface area (Å²) in [5.41, 5.74) is 9.33. The molecule has 3 heteroatoms. The van der Waals surface area contributed by atoms with Gasteiger partial charge in [-0.1, -0.05) is 50.6 Å². The molecule has 0 amide bonds. The Labute approximate surface area is 115 Å². The third-order valence-corrected chi connectivity index (χ3v) is 3.49. The number of benzene rings is 1. The fraction of sp³-hybridized carbons (Fsp3) is 0.438. The van der Waals surface area contributed by atoms with Crippen LogP contribution in [0.15, 0.2) is 30.3 Å². The van der Waals surface area contributed by atoms with E-state index in [1.165, 1.54) is 0 Å². The van der Waals surface area contributed by atoms with Crippen LogP contribution in [-0.2, 0) is 12.0 Å². The molecule has 1 aromatic carbocycles. The molecule has 0 aliphatic heterocycles. The summed E-state index contributed by atoms with van der Waals surface area (Å²) < 4.78 is 0. The van der Waals surface area contributed by atoms with E-state index in [4.69, 9.17) is 10.7 Å². The van der Waals surface area contributed by atoms with Crippen LogP contribution in [0.2, 0.25) is 0 Å². The Morgan fingerprint density at radius 3 is 2.47 bits per heavy atom. The highest BCUT2D eigenvalue weighted by Gasteiger charge is 2.25. The summed E-state index contributed by atoms with van der Waals surface area (Å²) in [5.74, 6) is 0.894. The van der Waals surface area contributed by atoms with E-state index in [2.05, 4.69) is 31.0 Å². The third kappa shape index (κ3) is 2.87. The van der Waals surface area contributed by atoms with E-state index in [1.807, 2.05) is 25.1 Å². The van der Waals surface area contributed by atoms with Crippen LogP contribution in [0.4, 0.5) is 0 Å². The molecule has 3 N–H and O–H groups in total. The second kappa shape index (κ2) is 5.57. The zero-order valence-corrected chi connectivity index (χ0v) is 12.0. The van der Waals surface area contributed by atoms with Crippen LogP contribution < -0.4 is 5.73 Å². The van der Waals surface area contributed by atoms with Crippen molar-refractivity contribution in [2.24, 2.45) is 5.73 Å². The molecule has 19 heavy (non-hydrogen) atoms. The maximum absolute atomic E-state index is 6.37. The van der Waals surface area contributed by atoms with E-state index in [-0.39, 0.29) is 5.54 Å². The highest BCUT2D eigenvalue weighted by Crippen LogP contribution is 2.27. The van der Waals surface area contributed by atoms with Gasteiger partial charge in [-0.25, -0.2) is 4.98 Å². The number of aromatic amines is 1. The largest absolute Gasteiger partial charge is 0.344 e. The van der Waals surface area contributed by atoms with Crippen molar-refractivity contribution in [3.8, 4) is 11.3 Å². The number of hydrogen-bond acceptors (Lipinski definition) is 2. The van der Waals surface area contributed by atoms with Crippen LogP contribution in [0.5, 0.6) is 0 Å². The van der Waals surface area contributed by atoms with Gasteiger partial charge < -0.3 is 10.7 Å². The molecule has 2 aromatic rings. The molecular formula is C16H23N3. The van der Waals surface area contributed by atoms with Crippen molar-refractivity contribution in [3.63, 3.8) is 0 Å². The molecule has 0 saturated heterocycles. The van der Waals surface area contributed by atoms with E-state index >= 15 is 0 Å². The summed E-state index contributed by atoms with van der Waals surface area (Å²) in [7, 11) is 0. The fourth-order valence-corrected chi connectivity index (χ4v) is 2.41. The first-order chi connectivity index (χ1) is 9.08. The Hall–Kier alpha value is -1.61. The number of H-pyrrole nitrogens is 1. The normalized spacial score (nSPS) is 14.3. The Morgan fingerprint density at radius 1 is 1.21 bits per heavy atom. The molecule has 0 aliphatic rings. The molecule has 0 saturated carbocycles. The molecular weight excluding hydrogens is 234 g/mol. The van der Waals surface area contributed by atoms with Crippen molar-refractivity contribution in [1.29, 1.82) is 0 Å². The molecule has 0 spiro atoms. The van der Waals surface area contributed by atoms with Crippen LogP contribution in [-0.4, -0.2) is 9.97 Å². The van der Waals surface area contributed by atoms with Crippen molar-refractivity contribution < 1.29 is 0 Å². The molecule has 0 bridgehead atoms. The van der Waals surface area contributed by atoms with Crippen LogP contribution >= 0.6 is 0 Å². The third-order valence-electron chi connectivity index (χ3n) is 3.49. The van der Waals surface area contributed by atoms with Gasteiger partial charge in [0, 0.05) is 11.3 Å². The lowest BCUT2D eigenvalue weighted by atomic mass is 9.97. The summed E-state index contributed by atoms with van der Waals surface area (Å²) in [4.78, 5) is 8.18. The highest BCUT2D eigenvalue weighted by atomic mass is 15.0. The Bertz CT molecular complexity index is 526.